The third-order valence-electron chi connectivity index (χ3n) is 4.66. The lowest BCUT2D eigenvalue weighted by molar-refractivity contribution is -0.133. The van der Waals surface area contributed by atoms with Gasteiger partial charge in [0, 0.05) is 30.6 Å². The second-order valence-electron chi connectivity index (χ2n) is 6.29. The normalized spacial score (nSPS) is 15.4. The number of hydrogen-bond donors (Lipinski definition) is 1. The van der Waals surface area contributed by atoms with Crippen LogP contribution in [0.4, 0.5) is 0 Å². The number of benzene rings is 1. The fourth-order valence-corrected chi connectivity index (χ4v) is 4.21. The van der Waals surface area contributed by atoms with Gasteiger partial charge in [0.15, 0.2) is 0 Å². The monoisotopic (exact) mass is 344 g/mol. The Morgan fingerprint density at radius 2 is 2.12 bits per heavy atom. The van der Waals surface area contributed by atoms with Crippen molar-refractivity contribution < 1.29 is 9.90 Å². The lowest BCUT2D eigenvalue weighted by Gasteiger charge is -2.32. The Bertz CT molecular complexity index is 671. The van der Waals surface area contributed by atoms with Crippen LogP contribution in [0, 0.1) is 0 Å². The number of fused-ring (bicyclic) bond motifs is 1. The van der Waals surface area contributed by atoms with Gasteiger partial charge >= 0.3 is 0 Å². The van der Waals surface area contributed by atoms with Crippen LogP contribution in [0.1, 0.15) is 28.5 Å². The number of hydrogen-bond acceptors (Lipinski definition) is 4. The summed E-state index contributed by atoms with van der Waals surface area (Å²) in [5.41, 5.74) is 2.43. The Kier molecular flexibility index (Phi) is 5.66. The molecular formula is C19H24N2O2S. The zero-order valence-electron chi connectivity index (χ0n) is 14.0. The van der Waals surface area contributed by atoms with Gasteiger partial charge in [0.25, 0.3) is 0 Å². The Balaban J connectivity index is 1.64. The second-order valence-corrected chi connectivity index (χ2v) is 7.29. The van der Waals surface area contributed by atoms with Gasteiger partial charge < -0.3 is 10.0 Å². The molecule has 24 heavy (non-hydrogen) atoms. The summed E-state index contributed by atoms with van der Waals surface area (Å²) in [6.07, 6.45) is 1.59. The molecule has 1 aliphatic heterocycles. The van der Waals surface area contributed by atoms with Gasteiger partial charge in [0.2, 0.25) is 5.91 Å². The Morgan fingerprint density at radius 1 is 1.33 bits per heavy atom. The molecule has 1 unspecified atom stereocenters. The molecule has 3 rings (SSSR count). The van der Waals surface area contributed by atoms with Crippen molar-refractivity contribution in [2.45, 2.75) is 25.4 Å². The van der Waals surface area contributed by atoms with E-state index >= 15 is 0 Å². The van der Waals surface area contributed by atoms with Crippen molar-refractivity contribution in [2.75, 3.05) is 26.7 Å². The van der Waals surface area contributed by atoms with Crippen molar-refractivity contribution in [1.29, 1.82) is 0 Å². The molecule has 0 bridgehead atoms. The van der Waals surface area contributed by atoms with Crippen LogP contribution in [0.5, 0.6) is 0 Å². The van der Waals surface area contributed by atoms with E-state index in [1.165, 1.54) is 10.4 Å². The topological polar surface area (TPSA) is 43.8 Å². The number of carbonyl (C=O) groups is 1. The third-order valence-corrected chi connectivity index (χ3v) is 5.69. The van der Waals surface area contributed by atoms with Gasteiger partial charge in [-0.3, -0.25) is 9.69 Å². The van der Waals surface area contributed by atoms with Crippen molar-refractivity contribution in [3.63, 3.8) is 0 Å². The maximum Gasteiger partial charge on any atom is 0.237 e. The highest BCUT2D eigenvalue weighted by atomic mass is 32.1. The van der Waals surface area contributed by atoms with Gasteiger partial charge in [0.05, 0.1) is 6.54 Å². The summed E-state index contributed by atoms with van der Waals surface area (Å²) in [6, 6.07) is 12.3. The zero-order valence-corrected chi connectivity index (χ0v) is 14.8. The van der Waals surface area contributed by atoms with E-state index in [-0.39, 0.29) is 18.6 Å². The molecule has 1 amide bonds. The summed E-state index contributed by atoms with van der Waals surface area (Å²) in [5, 5.41) is 11.5. The van der Waals surface area contributed by atoms with Gasteiger partial charge in [-0.15, -0.1) is 11.3 Å². The smallest absolute Gasteiger partial charge is 0.237 e. The molecule has 0 saturated carbocycles. The predicted molar refractivity (Wildman–Crippen MR) is 97.0 cm³/mol. The van der Waals surface area contributed by atoms with Crippen LogP contribution < -0.4 is 0 Å². The summed E-state index contributed by atoms with van der Waals surface area (Å²) in [7, 11) is 1.96. The summed E-state index contributed by atoms with van der Waals surface area (Å²) < 4.78 is 0. The number of amides is 1. The molecule has 1 aromatic heterocycles. The third kappa shape index (κ3) is 3.86. The summed E-state index contributed by atoms with van der Waals surface area (Å²) in [5.74, 6) is 0.160. The van der Waals surface area contributed by atoms with Crippen molar-refractivity contribution >= 4 is 17.2 Å². The maximum atomic E-state index is 12.7. The molecule has 1 N–H and O–H groups in total. The van der Waals surface area contributed by atoms with Gasteiger partial charge in [-0.25, -0.2) is 0 Å². The molecule has 2 aromatic rings. The highest BCUT2D eigenvalue weighted by Gasteiger charge is 2.25. The van der Waals surface area contributed by atoms with Crippen LogP contribution in [0.2, 0.25) is 0 Å². The minimum Gasteiger partial charge on any atom is -0.396 e. The molecule has 0 spiro atoms. The number of nitrogens with zero attached hydrogens (tertiary/aromatic N) is 2. The largest absolute Gasteiger partial charge is 0.396 e. The quantitative estimate of drug-likeness (QED) is 0.876. The lowest BCUT2D eigenvalue weighted by atomic mass is 10.0. The average Bonchev–Trinajstić information content (AvgIpc) is 3.08. The first-order chi connectivity index (χ1) is 11.7. The van der Waals surface area contributed by atoms with Gasteiger partial charge in [-0.05, 0) is 42.5 Å². The molecule has 5 heteroatoms. The van der Waals surface area contributed by atoms with Gasteiger partial charge in [-0.1, -0.05) is 30.3 Å². The highest BCUT2D eigenvalue weighted by molar-refractivity contribution is 7.10. The number of aliphatic hydroxyl groups is 1. The molecule has 0 aliphatic carbocycles. The minimum atomic E-state index is 0.0571. The molecular weight excluding hydrogens is 320 g/mol. The van der Waals surface area contributed by atoms with Crippen molar-refractivity contribution in [3.8, 4) is 0 Å². The molecule has 128 valence electrons. The Morgan fingerprint density at radius 3 is 2.88 bits per heavy atom. The zero-order chi connectivity index (χ0) is 16.9. The number of likely N-dealkylation sites (N-methyl/N-ethyl adjacent to an activating group) is 1. The van der Waals surface area contributed by atoms with E-state index < -0.39 is 0 Å². The first-order valence-corrected chi connectivity index (χ1v) is 9.26. The van der Waals surface area contributed by atoms with E-state index in [1.54, 1.807) is 11.3 Å². The molecule has 0 fully saturated rings. The lowest BCUT2D eigenvalue weighted by Crippen LogP contribution is -2.42. The fraction of sp³-hybridized carbons (Fsp3) is 0.421. The van der Waals surface area contributed by atoms with E-state index in [4.69, 9.17) is 0 Å². The Labute approximate surface area is 147 Å². The number of rotatable bonds is 6. The molecule has 1 atom stereocenters. The average molecular weight is 344 g/mol. The van der Waals surface area contributed by atoms with Crippen LogP contribution in [-0.2, 0) is 17.8 Å². The SMILES string of the molecule is CN(CC(=O)N1CCc2sccc2C1)C(CCO)c1ccccc1. The van der Waals surface area contributed by atoms with Crippen LogP contribution in [0.3, 0.4) is 0 Å². The maximum absolute atomic E-state index is 12.7. The summed E-state index contributed by atoms with van der Waals surface area (Å²) >= 11 is 1.79. The van der Waals surface area contributed by atoms with Crippen molar-refractivity contribution in [3.05, 3.63) is 57.8 Å². The molecule has 0 radical (unpaired) electrons. The van der Waals surface area contributed by atoms with E-state index in [9.17, 15) is 9.90 Å². The minimum absolute atomic E-state index is 0.0571. The first-order valence-electron chi connectivity index (χ1n) is 8.38. The van der Waals surface area contributed by atoms with Gasteiger partial charge in [0.1, 0.15) is 0 Å². The number of carbonyl (C=O) groups excluding carboxylic acids is 1. The summed E-state index contributed by atoms with van der Waals surface area (Å²) in [4.78, 5) is 18.1. The molecule has 0 saturated heterocycles. The highest BCUT2D eigenvalue weighted by Crippen LogP contribution is 2.25. The van der Waals surface area contributed by atoms with Crippen molar-refractivity contribution in [1.82, 2.24) is 9.80 Å². The standard InChI is InChI=1S/C19H24N2O2S/c1-20(17(8-11-22)15-5-3-2-4-6-15)14-19(23)21-10-7-18-16(13-21)9-12-24-18/h2-6,9,12,17,22H,7-8,10-11,13-14H2,1H3. The second kappa shape index (κ2) is 7.92. The van der Waals surface area contributed by atoms with E-state index in [1.807, 2.05) is 30.1 Å². The van der Waals surface area contributed by atoms with Gasteiger partial charge in [-0.2, -0.15) is 0 Å². The van der Waals surface area contributed by atoms with Crippen LogP contribution in [-0.4, -0.2) is 47.6 Å². The molecule has 4 nitrogen and oxygen atoms in total. The predicted octanol–water partition coefficient (Wildman–Crippen LogP) is 2.69. The van der Waals surface area contributed by atoms with Crippen molar-refractivity contribution in [2.24, 2.45) is 0 Å². The summed E-state index contributed by atoms with van der Waals surface area (Å²) in [6.45, 7) is 2.01. The van der Waals surface area contributed by atoms with E-state index in [0.717, 1.165) is 25.1 Å². The number of aliphatic hydroxyl groups excluding tert-OH is 1. The van der Waals surface area contributed by atoms with Crippen LogP contribution in [0.25, 0.3) is 0 Å². The molecule has 1 aromatic carbocycles. The van der Waals surface area contributed by atoms with E-state index in [0.29, 0.717) is 13.0 Å². The van der Waals surface area contributed by atoms with E-state index in [2.05, 4.69) is 28.5 Å². The first kappa shape index (κ1) is 17.1. The van der Waals surface area contributed by atoms with Crippen LogP contribution >= 0.6 is 11.3 Å². The fourth-order valence-electron chi connectivity index (χ4n) is 3.32. The Hall–Kier alpha value is -1.69. The molecule has 1 aliphatic rings. The molecule has 2 heterocycles. The van der Waals surface area contributed by atoms with Crippen LogP contribution in [0.15, 0.2) is 41.8 Å². The number of thiophene rings is 1.